The summed E-state index contributed by atoms with van der Waals surface area (Å²) < 4.78 is 18.7. The zero-order chi connectivity index (χ0) is 22.7. The van der Waals surface area contributed by atoms with E-state index >= 15 is 0 Å². The van der Waals surface area contributed by atoms with Crippen molar-refractivity contribution in [3.63, 3.8) is 0 Å². The van der Waals surface area contributed by atoms with Gasteiger partial charge in [0, 0.05) is 18.3 Å². The minimum Gasteiger partial charge on any atom is -0.411 e. The Hall–Kier alpha value is -0.203. The van der Waals surface area contributed by atoms with E-state index in [9.17, 15) is 5.11 Å². The number of hydrogen-bond donors (Lipinski definition) is 1. The van der Waals surface area contributed by atoms with Gasteiger partial charge in [-0.3, -0.25) is 0 Å². The number of unbranched alkanes of at least 4 members (excludes halogenated alkanes) is 5. The van der Waals surface area contributed by atoms with E-state index in [4.69, 9.17) is 13.9 Å². The first-order valence-corrected chi connectivity index (χ1v) is 15.8. The van der Waals surface area contributed by atoms with Gasteiger partial charge in [-0.2, -0.15) is 0 Å². The molecule has 1 aliphatic heterocycles. The normalized spacial score (nSPS) is 31.3. The lowest BCUT2D eigenvalue weighted by atomic mass is 9.67. The number of aliphatic hydroxyl groups excluding tert-OH is 1. The van der Waals surface area contributed by atoms with Gasteiger partial charge in [0.25, 0.3) is 0 Å². The predicted molar refractivity (Wildman–Crippen MR) is 130 cm³/mol. The molecule has 0 radical (unpaired) electrons. The van der Waals surface area contributed by atoms with Crippen LogP contribution in [0.2, 0.25) is 18.1 Å². The van der Waals surface area contributed by atoms with Crippen LogP contribution in [0, 0.1) is 17.8 Å². The average molecular weight is 453 g/mol. The maximum atomic E-state index is 10.8. The summed E-state index contributed by atoms with van der Waals surface area (Å²) in [5, 5.41) is 11.0. The Morgan fingerprint density at radius 2 is 1.74 bits per heavy atom. The Bertz CT molecular complexity index is 591. The summed E-state index contributed by atoms with van der Waals surface area (Å²) in [4.78, 5) is 0. The molecule has 5 heteroatoms. The first-order valence-electron chi connectivity index (χ1n) is 12.9. The smallest absolute Gasteiger partial charge is 0.192 e. The van der Waals surface area contributed by atoms with E-state index in [0.717, 1.165) is 19.3 Å². The second-order valence-electron chi connectivity index (χ2n) is 11.7. The molecule has 1 spiro atoms. The third-order valence-corrected chi connectivity index (χ3v) is 13.0. The lowest BCUT2D eigenvalue weighted by Gasteiger charge is -2.49. The van der Waals surface area contributed by atoms with Crippen LogP contribution in [0.25, 0.3) is 0 Å². The third-order valence-electron chi connectivity index (χ3n) is 8.45. The van der Waals surface area contributed by atoms with E-state index in [1.807, 2.05) is 0 Å². The molecular formula is C26H48O4Si. The number of ether oxygens (including phenoxy) is 2. The molecule has 0 aromatic rings. The van der Waals surface area contributed by atoms with Crippen molar-refractivity contribution < 1.29 is 19.0 Å². The topological polar surface area (TPSA) is 47.9 Å². The summed E-state index contributed by atoms with van der Waals surface area (Å²) in [6.07, 6.45) is 15.1. The SMILES string of the molecule is CCCCCCCCC(C=C[C@H]1[C@@H]2CC3(OCCO3)[C@@H]2C[C@@H]1O)O[Si](C)(C)C(C)(C)C. The van der Waals surface area contributed by atoms with Gasteiger partial charge < -0.3 is 19.0 Å². The number of aliphatic hydroxyl groups is 1. The van der Waals surface area contributed by atoms with E-state index in [1.165, 1.54) is 38.5 Å². The molecule has 0 aromatic carbocycles. The van der Waals surface area contributed by atoms with Crippen molar-refractivity contribution in [1.82, 2.24) is 0 Å². The van der Waals surface area contributed by atoms with E-state index < -0.39 is 8.32 Å². The molecule has 1 unspecified atom stereocenters. The Kier molecular flexibility index (Phi) is 8.51. The van der Waals surface area contributed by atoms with Crippen LogP contribution in [-0.4, -0.2) is 44.6 Å². The molecule has 3 aliphatic rings. The number of fused-ring (bicyclic) bond motifs is 2. The summed E-state index contributed by atoms with van der Waals surface area (Å²) in [6.45, 7) is 15.3. The Morgan fingerprint density at radius 3 is 2.39 bits per heavy atom. The van der Waals surface area contributed by atoms with Gasteiger partial charge in [-0.15, -0.1) is 0 Å². The van der Waals surface area contributed by atoms with Gasteiger partial charge in [-0.25, -0.2) is 0 Å². The van der Waals surface area contributed by atoms with Crippen molar-refractivity contribution in [3.05, 3.63) is 12.2 Å². The lowest BCUT2D eigenvalue weighted by molar-refractivity contribution is -0.270. The van der Waals surface area contributed by atoms with Crippen molar-refractivity contribution >= 4 is 8.32 Å². The first-order chi connectivity index (χ1) is 14.6. The predicted octanol–water partition coefficient (Wildman–Crippen LogP) is 6.44. The maximum Gasteiger partial charge on any atom is 0.192 e. The standard InChI is InChI=1S/C26H48O4Si/c1-7-8-9-10-11-12-13-20(30-31(5,6)25(2,3)4)14-15-21-22-19-26(28-16-17-29-26)23(22)18-24(21)27/h14-15,20-24,27H,7-13,16-19H2,1-6H3/t20?,21-,22-,23+,24-/m0/s1. The molecule has 0 amide bonds. The highest BCUT2D eigenvalue weighted by molar-refractivity contribution is 6.74. The Labute approximate surface area is 192 Å². The van der Waals surface area contributed by atoms with Crippen molar-refractivity contribution in [1.29, 1.82) is 0 Å². The zero-order valence-corrected chi connectivity index (χ0v) is 22.0. The molecule has 3 rings (SSSR count). The molecule has 1 heterocycles. The van der Waals surface area contributed by atoms with Crippen molar-refractivity contribution in [2.24, 2.45) is 17.8 Å². The number of rotatable bonds is 11. The maximum absolute atomic E-state index is 10.8. The van der Waals surface area contributed by atoms with E-state index in [2.05, 4.69) is 52.9 Å². The van der Waals surface area contributed by atoms with Crippen LogP contribution in [-0.2, 0) is 13.9 Å². The van der Waals surface area contributed by atoms with Crippen LogP contribution in [0.4, 0.5) is 0 Å². The summed E-state index contributed by atoms with van der Waals surface area (Å²) in [5.74, 6) is 0.646. The Balaban J connectivity index is 1.59. The van der Waals surface area contributed by atoms with Gasteiger partial charge in [0.05, 0.1) is 25.4 Å². The van der Waals surface area contributed by atoms with Gasteiger partial charge >= 0.3 is 0 Å². The highest BCUT2D eigenvalue weighted by Crippen LogP contribution is 2.60. The quantitative estimate of drug-likeness (QED) is 0.222. The molecule has 180 valence electrons. The summed E-state index contributed by atoms with van der Waals surface area (Å²) in [6, 6.07) is 0. The van der Waals surface area contributed by atoms with Crippen molar-refractivity contribution in [3.8, 4) is 0 Å². The fraction of sp³-hybridized carbons (Fsp3) is 0.923. The minimum atomic E-state index is -1.84. The number of hydrogen-bond acceptors (Lipinski definition) is 4. The van der Waals surface area contributed by atoms with Gasteiger partial charge in [0.2, 0.25) is 0 Å². The van der Waals surface area contributed by atoms with E-state index in [0.29, 0.717) is 25.0 Å². The molecule has 2 aliphatic carbocycles. The molecule has 31 heavy (non-hydrogen) atoms. The summed E-state index contributed by atoms with van der Waals surface area (Å²) in [5.41, 5.74) is 0. The van der Waals surface area contributed by atoms with Crippen LogP contribution in [0.5, 0.6) is 0 Å². The van der Waals surface area contributed by atoms with Gasteiger partial charge in [0.1, 0.15) is 0 Å². The fourth-order valence-electron chi connectivity index (χ4n) is 5.45. The van der Waals surface area contributed by atoms with Crippen LogP contribution >= 0.6 is 0 Å². The largest absolute Gasteiger partial charge is 0.411 e. The molecule has 1 N–H and O–H groups in total. The highest BCUT2D eigenvalue weighted by atomic mass is 28.4. The summed E-state index contributed by atoms with van der Waals surface area (Å²) in [7, 11) is -1.84. The van der Waals surface area contributed by atoms with Gasteiger partial charge in [-0.1, -0.05) is 78.4 Å². The van der Waals surface area contributed by atoms with Crippen molar-refractivity contribution in [2.45, 2.75) is 122 Å². The van der Waals surface area contributed by atoms with Gasteiger partial charge in [0.15, 0.2) is 14.1 Å². The molecule has 1 saturated heterocycles. The second-order valence-corrected chi connectivity index (χ2v) is 16.5. The fourth-order valence-corrected chi connectivity index (χ4v) is 6.76. The zero-order valence-electron chi connectivity index (χ0n) is 21.0. The molecule has 4 nitrogen and oxygen atoms in total. The molecule has 3 fully saturated rings. The van der Waals surface area contributed by atoms with Crippen LogP contribution < -0.4 is 0 Å². The Morgan fingerprint density at radius 1 is 1.10 bits per heavy atom. The molecule has 5 atom stereocenters. The highest BCUT2D eigenvalue weighted by Gasteiger charge is 2.64. The second kappa shape index (κ2) is 10.4. The monoisotopic (exact) mass is 452 g/mol. The van der Waals surface area contributed by atoms with Crippen LogP contribution in [0.1, 0.15) is 85.5 Å². The molecular weight excluding hydrogens is 404 g/mol. The molecule has 2 saturated carbocycles. The molecule has 0 aromatic heterocycles. The van der Waals surface area contributed by atoms with E-state index in [1.54, 1.807) is 0 Å². The first kappa shape index (κ1) is 25.4. The van der Waals surface area contributed by atoms with Crippen LogP contribution in [0.15, 0.2) is 12.2 Å². The minimum absolute atomic E-state index is 0.159. The average Bonchev–Trinajstić information content (AvgIpc) is 3.27. The summed E-state index contributed by atoms with van der Waals surface area (Å²) >= 11 is 0. The third kappa shape index (κ3) is 5.84. The van der Waals surface area contributed by atoms with Crippen molar-refractivity contribution in [2.75, 3.05) is 13.2 Å². The molecule has 0 bridgehead atoms. The van der Waals surface area contributed by atoms with Crippen LogP contribution in [0.3, 0.4) is 0 Å². The lowest BCUT2D eigenvalue weighted by Crippen LogP contribution is -2.53. The van der Waals surface area contributed by atoms with E-state index in [-0.39, 0.29) is 29.0 Å². The van der Waals surface area contributed by atoms with Gasteiger partial charge in [-0.05, 0) is 36.9 Å².